The van der Waals surface area contributed by atoms with Crippen molar-refractivity contribution in [2.45, 2.75) is 20.4 Å². The van der Waals surface area contributed by atoms with Gasteiger partial charge in [0.1, 0.15) is 5.71 Å². The Kier molecular flexibility index (Phi) is 4.26. The first-order chi connectivity index (χ1) is 11.5. The molecule has 7 heteroatoms. The second-order valence-electron chi connectivity index (χ2n) is 6.10. The lowest BCUT2D eigenvalue weighted by Crippen LogP contribution is -2.14. The number of carbonyl (C=O) groups is 1. The minimum Gasteiger partial charge on any atom is -0.359 e. The van der Waals surface area contributed by atoms with Gasteiger partial charge in [0, 0.05) is 23.5 Å². The molecule has 0 fully saturated rings. The summed E-state index contributed by atoms with van der Waals surface area (Å²) in [6, 6.07) is 1.78. The van der Waals surface area contributed by atoms with E-state index in [2.05, 4.69) is 37.5 Å². The number of nitrogens with one attached hydrogen (secondary N) is 2. The number of hydrogen-bond acceptors (Lipinski definition) is 5. The van der Waals surface area contributed by atoms with Gasteiger partial charge >= 0.3 is 0 Å². The van der Waals surface area contributed by atoms with Crippen LogP contribution in [0.4, 0.5) is 0 Å². The molecule has 1 amide bonds. The van der Waals surface area contributed by atoms with Crippen molar-refractivity contribution in [3.05, 3.63) is 52.1 Å². The highest BCUT2D eigenvalue weighted by molar-refractivity contribution is 6.33. The van der Waals surface area contributed by atoms with Crippen molar-refractivity contribution < 1.29 is 4.79 Å². The van der Waals surface area contributed by atoms with E-state index in [4.69, 9.17) is 0 Å². The number of aryl methyl sites for hydroxylation is 1. The molecule has 3 heterocycles. The Morgan fingerprint density at radius 2 is 2.04 bits per heavy atom. The van der Waals surface area contributed by atoms with Gasteiger partial charge in [0.2, 0.25) is 0 Å². The van der Waals surface area contributed by atoms with Gasteiger partial charge < -0.3 is 9.88 Å². The zero-order valence-electron chi connectivity index (χ0n) is 14.2. The van der Waals surface area contributed by atoms with Crippen molar-refractivity contribution in [2.75, 3.05) is 14.1 Å². The van der Waals surface area contributed by atoms with Gasteiger partial charge in [-0.25, -0.2) is 5.43 Å². The molecule has 1 aliphatic heterocycles. The maximum absolute atomic E-state index is 12.2. The second kappa shape index (κ2) is 6.37. The van der Waals surface area contributed by atoms with E-state index >= 15 is 0 Å². The molecule has 1 aliphatic rings. The lowest BCUT2D eigenvalue weighted by molar-refractivity contribution is -0.116. The smallest absolute Gasteiger partial charge is 0.273 e. The van der Waals surface area contributed by atoms with Crippen LogP contribution in [0.25, 0.3) is 6.08 Å². The van der Waals surface area contributed by atoms with Gasteiger partial charge in [0.25, 0.3) is 5.91 Å². The van der Waals surface area contributed by atoms with E-state index in [1.165, 1.54) is 5.56 Å². The summed E-state index contributed by atoms with van der Waals surface area (Å²) < 4.78 is 0. The van der Waals surface area contributed by atoms with E-state index in [1.54, 1.807) is 18.5 Å². The normalized spacial score (nSPS) is 16.0. The van der Waals surface area contributed by atoms with Crippen LogP contribution in [-0.2, 0) is 11.3 Å². The molecule has 2 N–H and O–H groups in total. The molecule has 0 bridgehead atoms. The minimum atomic E-state index is -0.220. The summed E-state index contributed by atoms with van der Waals surface area (Å²) in [6.45, 7) is 4.95. The minimum absolute atomic E-state index is 0.220. The number of aromatic nitrogens is 3. The number of rotatable bonds is 4. The van der Waals surface area contributed by atoms with Crippen LogP contribution in [-0.4, -0.2) is 45.8 Å². The lowest BCUT2D eigenvalue weighted by Gasteiger charge is -2.10. The fourth-order valence-corrected chi connectivity index (χ4v) is 2.78. The molecule has 0 spiro atoms. The van der Waals surface area contributed by atoms with E-state index in [9.17, 15) is 4.79 Å². The van der Waals surface area contributed by atoms with E-state index in [-0.39, 0.29) is 5.91 Å². The number of amides is 1. The molecule has 124 valence electrons. The molecule has 0 atom stereocenters. The van der Waals surface area contributed by atoms with E-state index in [1.807, 2.05) is 27.1 Å². The van der Waals surface area contributed by atoms with Gasteiger partial charge in [-0.3, -0.25) is 4.79 Å². The number of aromatic amines is 1. The molecule has 2 aromatic heterocycles. The van der Waals surface area contributed by atoms with Gasteiger partial charge in [-0.15, -0.1) is 0 Å². The Morgan fingerprint density at radius 3 is 2.71 bits per heavy atom. The third kappa shape index (κ3) is 2.98. The first kappa shape index (κ1) is 16.1. The fraction of sp³-hybridized carbons (Fsp3) is 0.294. The molecule has 0 aromatic carbocycles. The standard InChI is InChI=1S/C17H20N6O/c1-10-14(9-23(3)4)11(2)20-15(10)7-13-16(21-22-17(13)24)12-5-6-18-19-8-12/h5-8,20H,9H2,1-4H3,(H,22,24). The molecular formula is C17H20N6O. The Morgan fingerprint density at radius 1 is 1.25 bits per heavy atom. The van der Waals surface area contributed by atoms with Crippen molar-refractivity contribution in [3.8, 4) is 0 Å². The quantitative estimate of drug-likeness (QED) is 0.833. The maximum Gasteiger partial charge on any atom is 0.273 e. The molecule has 0 aliphatic carbocycles. The van der Waals surface area contributed by atoms with Crippen LogP contribution in [0.2, 0.25) is 0 Å². The van der Waals surface area contributed by atoms with Gasteiger partial charge in [-0.1, -0.05) is 0 Å². The Labute approximate surface area is 140 Å². The van der Waals surface area contributed by atoms with Crippen LogP contribution in [0.1, 0.15) is 28.1 Å². The van der Waals surface area contributed by atoms with Gasteiger partial charge in [0.05, 0.1) is 18.0 Å². The van der Waals surface area contributed by atoms with Gasteiger partial charge in [0.15, 0.2) is 0 Å². The lowest BCUT2D eigenvalue weighted by atomic mass is 10.0. The molecule has 3 rings (SSSR count). The Hall–Kier alpha value is -2.80. The Balaban J connectivity index is 2.01. The van der Waals surface area contributed by atoms with Crippen molar-refractivity contribution in [1.82, 2.24) is 25.5 Å². The molecule has 2 aromatic rings. The predicted molar refractivity (Wildman–Crippen MR) is 92.3 cm³/mol. The van der Waals surface area contributed by atoms with Crippen molar-refractivity contribution >= 4 is 17.7 Å². The monoisotopic (exact) mass is 324 g/mol. The van der Waals surface area contributed by atoms with Crippen molar-refractivity contribution in [1.29, 1.82) is 0 Å². The van der Waals surface area contributed by atoms with E-state index in [0.29, 0.717) is 11.3 Å². The van der Waals surface area contributed by atoms with Gasteiger partial charge in [-0.2, -0.15) is 15.3 Å². The third-order valence-corrected chi connectivity index (χ3v) is 4.02. The number of carbonyl (C=O) groups excluding carboxylic acids is 1. The molecule has 0 radical (unpaired) electrons. The zero-order valence-corrected chi connectivity index (χ0v) is 14.2. The highest BCUT2D eigenvalue weighted by atomic mass is 16.2. The van der Waals surface area contributed by atoms with Crippen molar-refractivity contribution in [2.24, 2.45) is 5.10 Å². The summed E-state index contributed by atoms with van der Waals surface area (Å²) in [5.74, 6) is -0.220. The van der Waals surface area contributed by atoms with Gasteiger partial charge in [-0.05, 0) is 51.2 Å². The van der Waals surface area contributed by atoms with Crippen LogP contribution >= 0.6 is 0 Å². The van der Waals surface area contributed by atoms with Crippen LogP contribution in [0.3, 0.4) is 0 Å². The largest absolute Gasteiger partial charge is 0.359 e. The zero-order chi connectivity index (χ0) is 17.3. The first-order valence-corrected chi connectivity index (χ1v) is 7.67. The number of nitrogens with zero attached hydrogens (tertiary/aromatic N) is 4. The van der Waals surface area contributed by atoms with Crippen LogP contribution in [0.15, 0.2) is 29.1 Å². The predicted octanol–water partition coefficient (Wildman–Crippen LogP) is 1.40. The summed E-state index contributed by atoms with van der Waals surface area (Å²) in [5.41, 5.74) is 8.79. The number of hydrogen-bond donors (Lipinski definition) is 2. The maximum atomic E-state index is 12.2. The molecule has 0 unspecified atom stereocenters. The van der Waals surface area contributed by atoms with Crippen LogP contribution in [0, 0.1) is 13.8 Å². The summed E-state index contributed by atoms with van der Waals surface area (Å²) in [5, 5.41) is 11.7. The highest BCUT2D eigenvalue weighted by Crippen LogP contribution is 2.23. The number of hydrazone groups is 1. The summed E-state index contributed by atoms with van der Waals surface area (Å²) in [4.78, 5) is 17.7. The fourth-order valence-electron chi connectivity index (χ4n) is 2.78. The third-order valence-electron chi connectivity index (χ3n) is 4.02. The van der Waals surface area contributed by atoms with Crippen LogP contribution < -0.4 is 5.43 Å². The molecular weight excluding hydrogens is 304 g/mol. The topological polar surface area (TPSA) is 86.3 Å². The number of H-pyrrole nitrogens is 1. The second-order valence-corrected chi connectivity index (χ2v) is 6.10. The van der Waals surface area contributed by atoms with E-state index in [0.717, 1.165) is 29.1 Å². The molecule has 7 nitrogen and oxygen atoms in total. The highest BCUT2D eigenvalue weighted by Gasteiger charge is 2.25. The van der Waals surface area contributed by atoms with E-state index < -0.39 is 0 Å². The summed E-state index contributed by atoms with van der Waals surface area (Å²) in [7, 11) is 4.07. The SMILES string of the molecule is Cc1[nH]c(C=C2C(=O)NN=C2c2ccnnc2)c(C)c1CN(C)C. The molecule has 24 heavy (non-hydrogen) atoms. The molecule has 0 saturated carbocycles. The summed E-state index contributed by atoms with van der Waals surface area (Å²) >= 11 is 0. The Bertz CT molecular complexity index is 832. The van der Waals surface area contributed by atoms with Crippen LogP contribution in [0.5, 0.6) is 0 Å². The summed E-state index contributed by atoms with van der Waals surface area (Å²) in [6.07, 6.45) is 5.03. The average molecular weight is 324 g/mol. The molecule has 0 saturated heterocycles. The average Bonchev–Trinajstić information content (AvgIpc) is 3.04. The van der Waals surface area contributed by atoms with Crippen molar-refractivity contribution in [3.63, 3.8) is 0 Å². The first-order valence-electron chi connectivity index (χ1n) is 7.67.